The third-order valence-electron chi connectivity index (χ3n) is 3.63. The lowest BCUT2D eigenvalue weighted by molar-refractivity contribution is -0.235. The Morgan fingerprint density at radius 1 is 1.25 bits per heavy atom. The van der Waals surface area contributed by atoms with E-state index in [1.807, 2.05) is 0 Å². The first-order valence-electron chi connectivity index (χ1n) is 6.50. The Morgan fingerprint density at radius 3 is 2.50 bits per heavy atom. The van der Waals surface area contributed by atoms with Crippen molar-refractivity contribution in [2.75, 3.05) is 13.7 Å². The monoisotopic (exact) mass is 284 g/mol. The predicted octanol–water partition coefficient (Wildman–Crippen LogP) is -0.195. The second kappa shape index (κ2) is 6.51. The largest absolute Gasteiger partial charge is 0.497 e. The zero-order chi connectivity index (χ0) is 14.7. The van der Waals surface area contributed by atoms with E-state index in [-0.39, 0.29) is 13.0 Å². The van der Waals surface area contributed by atoms with Crippen LogP contribution in [0.1, 0.15) is 18.1 Å². The Balaban J connectivity index is 2.03. The van der Waals surface area contributed by atoms with Crippen molar-refractivity contribution in [3.8, 4) is 5.75 Å². The van der Waals surface area contributed by atoms with Crippen molar-refractivity contribution in [3.05, 3.63) is 29.8 Å². The minimum atomic E-state index is -1.19. The highest BCUT2D eigenvalue weighted by atomic mass is 16.6. The molecule has 0 spiro atoms. The number of benzene rings is 1. The maximum Gasteiger partial charge on any atom is 0.160 e. The highest BCUT2D eigenvalue weighted by molar-refractivity contribution is 5.28. The standard InChI is InChI=1S/C14H20O6/c1-19-9-4-2-8(3-5-9)11(15)6-10-13(17)12(16)7-20-14(10)18/h2-5,10-18H,6-7H2,1H3/t10-,11?,12+,13+,14?/m1/s1. The molecule has 1 aromatic rings. The van der Waals surface area contributed by atoms with Crippen LogP contribution in [0.3, 0.4) is 0 Å². The average molecular weight is 284 g/mol. The van der Waals surface area contributed by atoms with Gasteiger partial charge in [0, 0.05) is 5.92 Å². The predicted molar refractivity (Wildman–Crippen MR) is 70.0 cm³/mol. The average Bonchev–Trinajstić information content (AvgIpc) is 2.47. The summed E-state index contributed by atoms with van der Waals surface area (Å²) >= 11 is 0. The molecule has 112 valence electrons. The van der Waals surface area contributed by atoms with Gasteiger partial charge in [-0.1, -0.05) is 12.1 Å². The molecular formula is C14H20O6. The summed E-state index contributed by atoms with van der Waals surface area (Å²) in [5, 5.41) is 39.3. The van der Waals surface area contributed by atoms with Gasteiger partial charge in [-0.3, -0.25) is 0 Å². The first-order chi connectivity index (χ1) is 9.52. The van der Waals surface area contributed by atoms with Crippen LogP contribution in [0.5, 0.6) is 5.75 Å². The summed E-state index contributed by atoms with van der Waals surface area (Å²) in [4.78, 5) is 0. The van der Waals surface area contributed by atoms with Crippen LogP contribution in [0, 0.1) is 5.92 Å². The van der Waals surface area contributed by atoms with E-state index < -0.39 is 30.5 Å². The van der Waals surface area contributed by atoms with E-state index in [4.69, 9.17) is 9.47 Å². The van der Waals surface area contributed by atoms with Gasteiger partial charge in [0.15, 0.2) is 6.29 Å². The number of aliphatic hydroxyl groups excluding tert-OH is 4. The zero-order valence-electron chi connectivity index (χ0n) is 11.2. The van der Waals surface area contributed by atoms with E-state index in [1.54, 1.807) is 31.4 Å². The lowest BCUT2D eigenvalue weighted by atomic mass is 9.87. The summed E-state index contributed by atoms with van der Waals surface area (Å²) in [6, 6.07) is 6.86. The van der Waals surface area contributed by atoms with Crippen molar-refractivity contribution in [2.24, 2.45) is 5.92 Å². The lowest BCUT2D eigenvalue weighted by Crippen LogP contribution is -2.49. The van der Waals surface area contributed by atoms with Crippen molar-refractivity contribution in [1.82, 2.24) is 0 Å². The Morgan fingerprint density at radius 2 is 1.90 bits per heavy atom. The van der Waals surface area contributed by atoms with Crippen LogP contribution in [-0.4, -0.2) is 52.6 Å². The van der Waals surface area contributed by atoms with Crippen LogP contribution >= 0.6 is 0 Å². The van der Waals surface area contributed by atoms with Gasteiger partial charge < -0.3 is 29.9 Å². The van der Waals surface area contributed by atoms with E-state index in [0.29, 0.717) is 11.3 Å². The third kappa shape index (κ3) is 3.28. The molecule has 0 bridgehead atoms. The maximum atomic E-state index is 10.2. The van der Waals surface area contributed by atoms with Crippen LogP contribution in [-0.2, 0) is 4.74 Å². The van der Waals surface area contributed by atoms with Crippen LogP contribution in [0.4, 0.5) is 0 Å². The van der Waals surface area contributed by atoms with Gasteiger partial charge in [-0.15, -0.1) is 0 Å². The van der Waals surface area contributed by atoms with Crippen LogP contribution in [0.25, 0.3) is 0 Å². The molecular weight excluding hydrogens is 264 g/mol. The second-order valence-corrected chi connectivity index (χ2v) is 4.97. The van der Waals surface area contributed by atoms with Gasteiger partial charge in [0.2, 0.25) is 0 Å². The minimum absolute atomic E-state index is 0.0890. The number of ether oxygens (including phenoxy) is 2. The number of hydrogen-bond acceptors (Lipinski definition) is 6. The smallest absolute Gasteiger partial charge is 0.160 e. The Kier molecular flexibility index (Phi) is 4.95. The molecule has 5 atom stereocenters. The Labute approximate surface area is 117 Å². The zero-order valence-corrected chi connectivity index (χ0v) is 11.2. The normalized spacial score (nSPS) is 31.9. The van der Waals surface area contributed by atoms with Gasteiger partial charge in [-0.2, -0.15) is 0 Å². The molecule has 6 heteroatoms. The molecule has 0 amide bonds. The van der Waals surface area contributed by atoms with E-state index in [2.05, 4.69) is 0 Å². The lowest BCUT2D eigenvalue weighted by Gasteiger charge is -2.36. The third-order valence-corrected chi connectivity index (χ3v) is 3.63. The van der Waals surface area contributed by atoms with Crippen LogP contribution in [0.2, 0.25) is 0 Å². The van der Waals surface area contributed by atoms with Gasteiger partial charge in [0.1, 0.15) is 11.9 Å². The summed E-state index contributed by atoms with van der Waals surface area (Å²) in [7, 11) is 1.55. The van der Waals surface area contributed by atoms with Gasteiger partial charge in [0.05, 0.1) is 25.9 Å². The van der Waals surface area contributed by atoms with Crippen molar-refractivity contribution in [1.29, 1.82) is 0 Å². The second-order valence-electron chi connectivity index (χ2n) is 4.97. The molecule has 2 unspecified atom stereocenters. The SMILES string of the molecule is COc1ccc(C(O)C[C@H]2C(O)OC[C@H](O)[C@H]2O)cc1. The fourth-order valence-electron chi connectivity index (χ4n) is 2.35. The molecule has 1 heterocycles. The van der Waals surface area contributed by atoms with Crippen molar-refractivity contribution in [2.45, 2.75) is 31.0 Å². The molecule has 6 nitrogen and oxygen atoms in total. The number of methoxy groups -OCH3 is 1. The van der Waals surface area contributed by atoms with Gasteiger partial charge in [0.25, 0.3) is 0 Å². The first-order valence-corrected chi connectivity index (χ1v) is 6.50. The summed E-state index contributed by atoms with van der Waals surface area (Å²) in [5.41, 5.74) is 0.644. The highest BCUT2D eigenvalue weighted by Crippen LogP contribution is 2.30. The molecule has 2 rings (SSSR count). The van der Waals surface area contributed by atoms with Crippen LogP contribution in [0.15, 0.2) is 24.3 Å². The van der Waals surface area contributed by atoms with Gasteiger partial charge in [-0.05, 0) is 24.1 Å². The maximum absolute atomic E-state index is 10.2. The number of rotatable bonds is 4. The van der Waals surface area contributed by atoms with E-state index in [1.165, 1.54) is 0 Å². The van der Waals surface area contributed by atoms with Crippen molar-refractivity contribution in [3.63, 3.8) is 0 Å². The molecule has 0 radical (unpaired) electrons. The summed E-state index contributed by atoms with van der Waals surface area (Å²) in [6.07, 6.45) is -4.14. The van der Waals surface area contributed by atoms with E-state index in [0.717, 1.165) is 0 Å². The molecule has 0 aromatic heterocycles. The minimum Gasteiger partial charge on any atom is -0.497 e. The molecule has 1 aromatic carbocycles. The fraction of sp³-hybridized carbons (Fsp3) is 0.571. The number of hydrogen-bond donors (Lipinski definition) is 4. The van der Waals surface area contributed by atoms with Gasteiger partial charge >= 0.3 is 0 Å². The molecule has 1 aliphatic heterocycles. The Hall–Kier alpha value is -1.18. The Bertz CT molecular complexity index is 420. The molecule has 20 heavy (non-hydrogen) atoms. The highest BCUT2D eigenvalue weighted by Gasteiger charge is 2.38. The quantitative estimate of drug-likeness (QED) is 0.611. The first kappa shape index (κ1) is 15.2. The topological polar surface area (TPSA) is 99.4 Å². The van der Waals surface area contributed by atoms with Gasteiger partial charge in [-0.25, -0.2) is 0 Å². The van der Waals surface area contributed by atoms with Crippen molar-refractivity contribution < 1.29 is 29.9 Å². The molecule has 1 fully saturated rings. The molecule has 1 saturated heterocycles. The number of aliphatic hydroxyl groups is 4. The summed E-state index contributed by atoms with van der Waals surface area (Å²) in [5.74, 6) is -0.0618. The summed E-state index contributed by atoms with van der Waals surface area (Å²) < 4.78 is 9.99. The van der Waals surface area contributed by atoms with Crippen LogP contribution < -0.4 is 4.74 Å². The molecule has 0 aliphatic carbocycles. The van der Waals surface area contributed by atoms with E-state index >= 15 is 0 Å². The van der Waals surface area contributed by atoms with Crippen molar-refractivity contribution >= 4 is 0 Å². The molecule has 1 aliphatic rings. The summed E-state index contributed by atoms with van der Waals surface area (Å²) in [6.45, 7) is -0.114. The fourth-order valence-corrected chi connectivity index (χ4v) is 2.35. The molecule has 0 saturated carbocycles. The molecule has 4 N–H and O–H groups in total. The van der Waals surface area contributed by atoms with E-state index in [9.17, 15) is 20.4 Å².